The van der Waals surface area contributed by atoms with E-state index in [-0.39, 0.29) is 0 Å². The van der Waals surface area contributed by atoms with Crippen LogP contribution < -0.4 is 11.1 Å². The van der Waals surface area contributed by atoms with E-state index in [1.54, 1.807) is 0 Å². The van der Waals surface area contributed by atoms with Crippen LogP contribution in [0.5, 0.6) is 0 Å². The molecule has 7 heteroatoms. The summed E-state index contributed by atoms with van der Waals surface area (Å²) in [6, 6.07) is 14.3. The van der Waals surface area contributed by atoms with Crippen molar-refractivity contribution in [1.29, 1.82) is 0 Å². The van der Waals surface area contributed by atoms with E-state index in [0.717, 1.165) is 44.9 Å². The normalized spacial score (nSPS) is 14.3. The van der Waals surface area contributed by atoms with Crippen LogP contribution in [-0.2, 0) is 29.5 Å². The highest BCUT2D eigenvalue weighted by molar-refractivity contribution is 7.88. The Bertz CT molecular complexity index is 1240. The lowest BCUT2D eigenvalue weighted by Gasteiger charge is -2.28. The Morgan fingerprint density at radius 1 is 1.13 bits per heavy atom. The molecule has 0 spiro atoms. The first-order valence-corrected chi connectivity index (χ1v) is 12.2. The van der Waals surface area contributed by atoms with Crippen LogP contribution in [0.2, 0.25) is 0 Å². The average Bonchev–Trinajstić information content (AvgIpc) is 2.75. The topological polar surface area (TPSA) is 88.3 Å². The second-order valence-electron chi connectivity index (χ2n) is 8.14. The number of nitrogens with zero attached hydrogens (tertiary/aromatic N) is 2. The van der Waals surface area contributed by atoms with Gasteiger partial charge in [0, 0.05) is 42.8 Å². The van der Waals surface area contributed by atoms with Gasteiger partial charge in [-0.25, -0.2) is 8.42 Å². The Hall–Kier alpha value is -2.74. The number of pyridine rings is 1. The number of anilines is 2. The number of aryl methyl sites for hydroxylation is 2. The first-order chi connectivity index (χ1) is 14.8. The van der Waals surface area contributed by atoms with E-state index >= 15 is 0 Å². The fraction of sp³-hybridized carbons (Fsp3) is 0.292. The molecule has 0 unspecified atom stereocenters. The summed E-state index contributed by atoms with van der Waals surface area (Å²) in [4.78, 5) is 4.62. The van der Waals surface area contributed by atoms with Gasteiger partial charge in [0.1, 0.15) is 0 Å². The quantitative estimate of drug-likeness (QED) is 0.634. The lowest BCUT2D eigenvalue weighted by atomic mass is 9.98. The standard InChI is InChI=1S/C24H28N4O2S/c1-16-11-24(26-14-17(16)2)22-12-20(8-7-18(22)13-25)27-23-6-4-5-19-15-28(31(3,29)30)10-9-21(19)23/h4-8,11-12,14,27H,9-10,13,15,25H2,1-3H3. The smallest absolute Gasteiger partial charge is 0.211 e. The third-order valence-corrected chi connectivity index (χ3v) is 7.21. The maximum atomic E-state index is 11.9. The van der Waals surface area contributed by atoms with Crippen LogP contribution >= 0.6 is 0 Å². The summed E-state index contributed by atoms with van der Waals surface area (Å²) in [5.74, 6) is 0. The van der Waals surface area contributed by atoms with E-state index in [1.807, 2.05) is 36.5 Å². The molecule has 0 saturated heterocycles. The molecule has 3 N–H and O–H groups in total. The number of sulfonamides is 1. The van der Waals surface area contributed by atoms with Crippen molar-refractivity contribution in [3.8, 4) is 11.3 Å². The monoisotopic (exact) mass is 436 g/mol. The van der Waals surface area contributed by atoms with Gasteiger partial charge >= 0.3 is 0 Å². The first-order valence-electron chi connectivity index (χ1n) is 10.4. The van der Waals surface area contributed by atoms with Crippen LogP contribution in [0.25, 0.3) is 11.3 Å². The van der Waals surface area contributed by atoms with E-state index < -0.39 is 10.0 Å². The van der Waals surface area contributed by atoms with Crippen molar-refractivity contribution < 1.29 is 8.42 Å². The van der Waals surface area contributed by atoms with Gasteiger partial charge in [0.15, 0.2) is 0 Å². The minimum atomic E-state index is -3.20. The number of hydrogen-bond acceptors (Lipinski definition) is 5. The molecule has 2 heterocycles. The van der Waals surface area contributed by atoms with Gasteiger partial charge in [0.2, 0.25) is 10.0 Å². The molecule has 0 saturated carbocycles. The number of aromatic nitrogens is 1. The predicted molar refractivity (Wildman–Crippen MR) is 126 cm³/mol. The van der Waals surface area contributed by atoms with E-state index in [0.29, 0.717) is 26.1 Å². The molecule has 0 amide bonds. The molecule has 162 valence electrons. The second kappa shape index (κ2) is 8.42. The molecule has 0 fully saturated rings. The lowest BCUT2D eigenvalue weighted by molar-refractivity contribution is 0.395. The van der Waals surface area contributed by atoms with Gasteiger partial charge in [-0.1, -0.05) is 18.2 Å². The molecule has 3 aromatic rings. The minimum absolute atomic E-state index is 0.410. The zero-order valence-corrected chi connectivity index (χ0v) is 19.0. The van der Waals surface area contributed by atoms with Crippen LogP contribution in [0, 0.1) is 13.8 Å². The molecule has 0 radical (unpaired) electrons. The molecule has 1 aliphatic heterocycles. The molecule has 6 nitrogen and oxygen atoms in total. The van der Waals surface area contributed by atoms with Crippen LogP contribution in [0.1, 0.15) is 27.8 Å². The zero-order chi connectivity index (χ0) is 22.2. The summed E-state index contributed by atoms with van der Waals surface area (Å²) in [7, 11) is -3.20. The number of rotatable bonds is 5. The predicted octanol–water partition coefficient (Wildman–Crippen LogP) is 3.89. The number of hydrogen-bond donors (Lipinski definition) is 2. The summed E-state index contributed by atoms with van der Waals surface area (Å²) in [6.07, 6.45) is 3.84. The van der Waals surface area contributed by atoms with Crippen molar-refractivity contribution in [3.63, 3.8) is 0 Å². The fourth-order valence-electron chi connectivity index (χ4n) is 3.98. The number of nitrogens with two attached hydrogens (primary N) is 1. The molecule has 0 bridgehead atoms. The molecular weight excluding hydrogens is 408 g/mol. The van der Waals surface area contributed by atoms with Crippen molar-refractivity contribution in [2.45, 2.75) is 33.4 Å². The molecular formula is C24H28N4O2S. The van der Waals surface area contributed by atoms with Crippen molar-refractivity contribution in [3.05, 3.63) is 76.5 Å². The maximum Gasteiger partial charge on any atom is 0.211 e. The van der Waals surface area contributed by atoms with E-state index in [1.165, 1.54) is 16.1 Å². The Balaban J connectivity index is 1.67. The SMILES string of the molecule is Cc1cnc(-c2cc(Nc3cccc4c3CCN(S(C)(=O)=O)C4)ccc2CN)cc1C. The lowest BCUT2D eigenvalue weighted by Crippen LogP contribution is -2.35. The molecule has 31 heavy (non-hydrogen) atoms. The third-order valence-electron chi connectivity index (χ3n) is 5.96. The fourth-order valence-corrected chi connectivity index (χ4v) is 4.78. The zero-order valence-electron chi connectivity index (χ0n) is 18.1. The second-order valence-corrected chi connectivity index (χ2v) is 10.1. The van der Waals surface area contributed by atoms with Crippen molar-refractivity contribution in [1.82, 2.24) is 9.29 Å². The van der Waals surface area contributed by atoms with Gasteiger partial charge in [-0.2, -0.15) is 4.31 Å². The summed E-state index contributed by atoms with van der Waals surface area (Å²) in [6.45, 7) is 5.48. The largest absolute Gasteiger partial charge is 0.355 e. The number of nitrogens with one attached hydrogen (secondary N) is 1. The Labute approximate surface area is 184 Å². The van der Waals surface area contributed by atoms with Gasteiger partial charge in [-0.05, 0) is 72.4 Å². The van der Waals surface area contributed by atoms with Gasteiger partial charge in [-0.3, -0.25) is 4.98 Å². The first kappa shape index (κ1) is 21.5. The highest BCUT2D eigenvalue weighted by atomic mass is 32.2. The summed E-state index contributed by atoms with van der Waals surface area (Å²) >= 11 is 0. The maximum absolute atomic E-state index is 11.9. The Morgan fingerprint density at radius 3 is 2.65 bits per heavy atom. The van der Waals surface area contributed by atoms with Crippen molar-refractivity contribution in [2.24, 2.45) is 5.73 Å². The molecule has 0 atom stereocenters. The molecule has 2 aromatic carbocycles. The summed E-state index contributed by atoms with van der Waals surface area (Å²) in [5.41, 5.74) is 15.5. The third kappa shape index (κ3) is 4.49. The van der Waals surface area contributed by atoms with Crippen LogP contribution in [0.4, 0.5) is 11.4 Å². The van der Waals surface area contributed by atoms with E-state index in [9.17, 15) is 8.42 Å². The van der Waals surface area contributed by atoms with Gasteiger partial charge < -0.3 is 11.1 Å². The van der Waals surface area contributed by atoms with Crippen LogP contribution in [0.15, 0.2) is 48.7 Å². The van der Waals surface area contributed by atoms with E-state index in [2.05, 4.69) is 36.3 Å². The minimum Gasteiger partial charge on any atom is -0.355 e. The Morgan fingerprint density at radius 2 is 1.94 bits per heavy atom. The molecule has 1 aromatic heterocycles. The molecule has 4 rings (SSSR count). The number of fused-ring (bicyclic) bond motifs is 1. The number of benzene rings is 2. The highest BCUT2D eigenvalue weighted by Crippen LogP contribution is 2.32. The average molecular weight is 437 g/mol. The van der Waals surface area contributed by atoms with Gasteiger partial charge in [-0.15, -0.1) is 0 Å². The molecule has 1 aliphatic rings. The summed E-state index contributed by atoms with van der Waals surface area (Å²) < 4.78 is 25.4. The molecule has 0 aliphatic carbocycles. The van der Waals surface area contributed by atoms with Gasteiger partial charge in [0.25, 0.3) is 0 Å². The van der Waals surface area contributed by atoms with Crippen molar-refractivity contribution >= 4 is 21.4 Å². The van der Waals surface area contributed by atoms with Crippen LogP contribution in [0.3, 0.4) is 0 Å². The van der Waals surface area contributed by atoms with Crippen molar-refractivity contribution in [2.75, 3.05) is 18.1 Å². The summed E-state index contributed by atoms with van der Waals surface area (Å²) in [5, 5.41) is 3.54. The van der Waals surface area contributed by atoms with Gasteiger partial charge in [0.05, 0.1) is 11.9 Å². The van der Waals surface area contributed by atoms with E-state index in [4.69, 9.17) is 5.73 Å². The van der Waals surface area contributed by atoms with Crippen LogP contribution in [-0.4, -0.2) is 30.5 Å². The highest BCUT2D eigenvalue weighted by Gasteiger charge is 2.24. The Kier molecular flexibility index (Phi) is 5.83.